The minimum atomic E-state index is -0.200. The lowest BCUT2D eigenvalue weighted by molar-refractivity contribution is -0.105. The number of hydrogen-bond acceptors (Lipinski definition) is 5. The Morgan fingerprint density at radius 1 is 1.14 bits per heavy atom. The van der Waals surface area contributed by atoms with Crippen molar-refractivity contribution in [1.29, 1.82) is 0 Å². The van der Waals surface area contributed by atoms with Crippen molar-refractivity contribution in [2.24, 2.45) is 0 Å². The highest BCUT2D eigenvalue weighted by Crippen LogP contribution is 2.33. The van der Waals surface area contributed by atoms with Crippen LogP contribution < -0.4 is 20.1 Å². The summed E-state index contributed by atoms with van der Waals surface area (Å²) in [7, 11) is 3.28. The maximum absolute atomic E-state index is 12.4. The van der Waals surface area contributed by atoms with Gasteiger partial charge in [0.25, 0.3) is 5.91 Å². The number of anilines is 1. The van der Waals surface area contributed by atoms with Crippen molar-refractivity contribution in [2.75, 3.05) is 39.2 Å². The first-order valence-corrected chi connectivity index (χ1v) is 9.19. The number of carbonyl (C=O) groups excluding carboxylic acids is 2. The van der Waals surface area contributed by atoms with E-state index < -0.39 is 0 Å². The molecule has 2 aromatic carbocycles. The Morgan fingerprint density at radius 2 is 1.86 bits per heavy atom. The fourth-order valence-electron chi connectivity index (χ4n) is 3.43. The van der Waals surface area contributed by atoms with Crippen molar-refractivity contribution in [2.45, 2.75) is 13.0 Å². The third-order valence-electron chi connectivity index (χ3n) is 4.90. The molecule has 28 heavy (non-hydrogen) atoms. The van der Waals surface area contributed by atoms with Gasteiger partial charge < -0.3 is 20.1 Å². The van der Waals surface area contributed by atoms with Gasteiger partial charge in [0.05, 0.1) is 25.5 Å². The number of nitrogens with zero attached hydrogens (tertiary/aromatic N) is 1. The second-order valence-electron chi connectivity index (χ2n) is 6.57. The molecule has 0 fully saturated rings. The number of para-hydroxylation sites is 1. The van der Waals surface area contributed by atoms with Crippen molar-refractivity contribution in [1.82, 2.24) is 10.2 Å². The normalized spacial score (nSPS) is 13.4. The number of rotatable bonds is 8. The quantitative estimate of drug-likeness (QED) is 0.682. The summed E-state index contributed by atoms with van der Waals surface area (Å²) in [6.45, 7) is 2.98. The minimum Gasteiger partial charge on any atom is -0.493 e. The van der Waals surface area contributed by atoms with E-state index in [0.29, 0.717) is 24.2 Å². The number of amides is 2. The van der Waals surface area contributed by atoms with Gasteiger partial charge in [-0.25, -0.2) is 0 Å². The summed E-state index contributed by atoms with van der Waals surface area (Å²) >= 11 is 0. The molecular formula is C21H25N3O4. The van der Waals surface area contributed by atoms with Gasteiger partial charge in [0.1, 0.15) is 0 Å². The molecule has 0 radical (unpaired) electrons. The zero-order chi connectivity index (χ0) is 19.9. The number of ether oxygens (including phenoxy) is 2. The second kappa shape index (κ2) is 9.23. The molecule has 0 unspecified atom stereocenters. The van der Waals surface area contributed by atoms with Crippen LogP contribution in [-0.4, -0.2) is 51.1 Å². The number of fused-ring (bicyclic) bond motifs is 1. The van der Waals surface area contributed by atoms with E-state index in [1.54, 1.807) is 38.5 Å². The molecule has 1 aliphatic rings. The molecule has 7 nitrogen and oxygen atoms in total. The van der Waals surface area contributed by atoms with Crippen molar-refractivity contribution in [3.05, 3.63) is 53.1 Å². The molecule has 2 aromatic rings. The molecule has 148 valence electrons. The van der Waals surface area contributed by atoms with Gasteiger partial charge in [-0.15, -0.1) is 0 Å². The average Bonchev–Trinajstić information content (AvgIpc) is 2.73. The Balaban J connectivity index is 1.57. The number of nitrogens with one attached hydrogen (secondary N) is 2. The van der Waals surface area contributed by atoms with Crippen LogP contribution in [0.5, 0.6) is 11.5 Å². The van der Waals surface area contributed by atoms with E-state index in [0.717, 1.165) is 37.6 Å². The van der Waals surface area contributed by atoms with Crippen LogP contribution in [-0.2, 0) is 17.8 Å². The van der Waals surface area contributed by atoms with Gasteiger partial charge in [-0.1, -0.05) is 12.1 Å². The predicted molar refractivity (Wildman–Crippen MR) is 107 cm³/mol. The largest absolute Gasteiger partial charge is 0.493 e. The van der Waals surface area contributed by atoms with E-state index in [4.69, 9.17) is 9.47 Å². The van der Waals surface area contributed by atoms with Crippen LogP contribution in [0, 0.1) is 0 Å². The highest BCUT2D eigenvalue weighted by Gasteiger charge is 2.19. The zero-order valence-corrected chi connectivity index (χ0v) is 16.2. The van der Waals surface area contributed by atoms with Crippen molar-refractivity contribution in [3.63, 3.8) is 0 Å². The van der Waals surface area contributed by atoms with Crippen LogP contribution >= 0.6 is 0 Å². The van der Waals surface area contributed by atoms with E-state index in [-0.39, 0.29) is 5.91 Å². The summed E-state index contributed by atoms with van der Waals surface area (Å²) in [4.78, 5) is 25.4. The van der Waals surface area contributed by atoms with Gasteiger partial charge in [-0.05, 0) is 41.8 Å². The average molecular weight is 383 g/mol. The Morgan fingerprint density at radius 3 is 2.57 bits per heavy atom. The van der Waals surface area contributed by atoms with E-state index >= 15 is 0 Å². The van der Waals surface area contributed by atoms with Gasteiger partial charge in [0, 0.05) is 26.2 Å². The topological polar surface area (TPSA) is 79.9 Å². The Hall–Kier alpha value is -3.06. The zero-order valence-electron chi connectivity index (χ0n) is 16.2. The summed E-state index contributed by atoms with van der Waals surface area (Å²) in [6, 6.07) is 11.0. The van der Waals surface area contributed by atoms with Crippen molar-refractivity contribution in [3.8, 4) is 11.5 Å². The standard InChI is InChI=1S/C21H25N3O4/c1-27-19-11-15-7-9-24(13-16(15)12-20(19)28-2)10-8-22-21(26)17-5-3-4-6-18(17)23-14-25/h3-6,11-12,14H,7-10,13H2,1-2H3,(H,22,26)(H,23,25). The summed E-state index contributed by atoms with van der Waals surface area (Å²) in [6.07, 6.45) is 1.50. The molecular weight excluding hydrogens is 358 g/mol. The number of carbonyl (C=O) groups is 2. The first kappa shape index (κ1) is 19.7. The number of methoxy groups -OCH3 is 2. The van der Waals surface area contributed by atoms with E-state index in [1.807, 2.05) is 12.1 Å². The van der Waals surface area contributed by atoms with Crippen LogP contribution in [0.2, 0.25) is 0 Å². The highest BCUT2D eigenvalue weighted by molar-refractivity contribution is 6.01. The lowest BCUT2D eigenvalue weighted by atomic mass is 9.99. The molecule has 0 bridgehead atoms. The summed E-state index contributed by atoms with van der Waals surface area (Å²) in [5, 5.41) is 5.48. The van der Waals surface area contributed by atoms with Crippen molar-refractivity contribution < 1.29 is 19.1 Å². The van der Waals surface area contributed by atoms with E-state index in [2.05, 4.69) is 15.5 Å². The van der Waals surface area contributed by atoms with E-state index in [9.17, 15) is 9.59 Å². The third-order valence-corrected chi connectivity index (χ3v) is 4.90. The SMILES string of the molecule is COc1cc2c(cc1OC)CN(CCNC(=O)c1ccccc1NC=O)CC2. The molecule has 1 heterocycles. The fourth-order valence-corrected chi connectivity index (χ4v) is 3.43. The van der Waals surface area contributed by atoms with Crippen LogP contribution in [0.4, 0.5) is 5.69 Å². The molecule has 0 aromatic heterocycles. The number of benzene rings is 2. The summed E-state index contributed by atoms with van der Waals surface area (Å²) in [5.74, 6) is 1.29. The summed E-state index contributed by atoms with van der Waals surface area (Å²) in [5.41, 5.74) is 3.45. The van der Waals surface area contributed by atoms with Crippen LogP contribution in [0.3, 0.4) is 0 Å². The Kier molecular flexibility index (Phi) is 6.49. The maximum atomic E-state index is 12.4. The molecule has 3 rings (SSSR count). The summed E-state index contributed by atoms with van der Waals surface area (Å²) < 4.78 is 10.8. The third kappa shape index (κ3) is 4.43. The molecule has 0 saturated carbocycles. The van der Waals surface area contributed by atoms with Gasteiger partial charge in [-0.2, -0.15) is 0 Å². The van der Waals surface area contributed by atoms with Crippen molar-refractivity contribution >= 4 is 18.0 Å². The lowest BCUT2D eigenvalue weighted by Crippen LogP contribution is -2.38. The molecule has 0 aliphatic carbocycles. The van der Waals surface area contributed by atoms with Gasteiger partial charge >= 0.3 is 0 Å². The Labute approximate surface area is 164 Å². The minimum absolute atomic E-state index is 0.200. The molecule has 2 amide bonds. The highest BCUT2D eigenvalue weighted by atomic mass is 16.5. The first-order chi connectivity index (χ1) is 13.7. The van der Waals surface area contributed by atoms with Gasteiger partial charge in [0.2, 0.25) is 6.41 Å². The van der Waals surface area contributed by atoms with Crippen LogP contribution in [0.25, 0.3) is 0 Å². The molecule has 1 aliphatic heterocycles. The molecule has 2 N–H and O–H groups in total. The first-order valence-electron chi connectivity index (χ1n) is 9.19. The molecule has 0 spiro atoms. The Bertz CT molecular complexity index is 854. The van der Waals surface area contributed by atoms with Gasteiger partial charge in [-0.3, -0.25) is 14.5 Å². The monoisotopic (exact) mass is 383 g/mol. The lowest BCUT2D eigenvalue weighted by Gasteiger charge is -2.29. The van der Waals surface area contributed by atoms with E-state index in [1.165, 1.54) is 11.1 Å². The smallest absolute Gasteiger partial charge is 0.253 e. The van der Waals surface area contributed by atoms with Gasteiger partial charge in [0.15, 0.2) is 11.5 Å². The maximum Gasteiger partial charge on any atom is 0.253 e. The predicted octanol–water partition coefficient (Wildman–Crippen LogP) is 2.06. The second-order valence-corrected chi connectivity index (χ2v) is 6.57. The molecule has 0 saturated heterocycles. The van der Waals surface area contributed by atoms with Crippen LogP contribution in [0.15, 0.2) is 36.4 Å². The fraction of sp³-hybridized carbons (Fsp3) is 0.333. The number of hydrogen-bond donors (Lipinski definition) is 2. The molecule has 7 heteroatoms. The van der Waals surface area contributed by atoms with Crippen LogP contribution in [0.1, 0.15) is 21.5 Å². The molecule has 0 atom stereocenters.